The normalized spacial score (nSPS) is 14.1. The van der Waals surface area contributed by atoms with Gasteiger partial charge in [0.15, 0.2) is 0 Å². The minimum atomic E-state index is -4.45. The van der Waals surface area contributed by atoms with Crippen molar-refractivity contribution in [1.82, 2.24) is 0 Å². The average Bonchev–Trinajstić information content (AvgIpc) is 2.26. The number of hydrogen-bond acceptors (Lipinski definition) is 7. The Morgan fingerprint density at radius 2 is 2.11 bits per heavy atom. The molecule has 0 atom stereocenters. The van der Waals surface area contributed by atoms with Crippen LogP contribution in [-0.4, -0.2) is 36.9 Å². The van der Waals surface area contributed by atoms with Gasteiger partial charge in [-0.05, 0) is 6.07 Å². The topological polar surface area (TPSA) is 113 Å². The van der Waals surface area contributed by atoms with E-state index in [0.29, 0.717) is 5.75 Å². The van der Waals surface area contributed by atoms with E-state index in [1.165, 1.54) is 23.1 Å². The quantitative estimate of drug-likeness (QED) is 0.258. The second kappa shape index (κ2) is 6.48. The Balaban J connectivity index is 0.00000180. The van der Waals surface area contributed by atoms with E-state index in [1.54, 1.807) is 0 Å². The summed E-state index contributed by atoms with van der Waals surface area (Å²) in [4.78, 5) is 11.3. The predicted octanol–water partition coefficient (Wildman–Crippen LogP) is -2.70. The second-order valence-corrected chi connectivity index (χ2v) is 5.08. The summed E-state index contributed by atoms with van der Waals surface area (Å²) in [6.45, 7) is 0.413. The van der Waals surface area contributed by atoms with Gasteiger partial charge >= 0.3 is 51.4 Å². The molecule has 0 amide bonds. The number of fused-ring (bicyclic) bond motifs is 1. The Labute approximate surface area is 152 Å². The van der Waals surface area contributed by atoms with Gasteiger partial charge in [-0.2, -0.15) is 0 Å². The summed E-state index contributed by atoms with van der Waals surface area (Å²) in [6, 6.07) is 3.84. The standard InChI is InChI=1S/C9H10N2O6S.K/c12-11(13)7-1-2-9-8(5-7)10(3-4-17-9)6-18(14,15)16;/h1-2,5H,3-4,6H2,(H,14,15,16);/q;+1/p-1. The summed E-state index contributed by atoms with van der Waals surface area (Å²) in [6.07, 6.45) is 0. The molecule has 2 rings (SSSR count). The molecule has 1 aromatic carbocycles. The molecule has 10 heteroatoms. The van der Waals surface area contributed by atoms with Gasteiger partial charge in [0.1, 0.15) is 28.4 Å². The Morgan fingerprint density at radius 3 is 2.68 bits per heavy atom. The van der Waals surface area contributed by atoms with Crippen molar-refractivity contribution in [3.8, 4) is 5.75 Å². The number of nitrogens with zero attached hydrogens (tertiary/aromatic N) is 2. The van der Waals surface area contributed by atoms with Crippen molar-refractivity contribution < 1.29 is 74.0 Å². The molecule has 1 heterocycles. The molecule has 0 fully saturated rings. The molecule has 98 valence electrons. The molecular formula is C9H9KN2O6S. The fraction of sp³-hybridized carbons (Fsp3) is 0.333. The van der Waals surface area contributed by atoms with E-state index in [-0.39, 0.29) is 75.9 Å². The molecule has 0 saturated carbocycles. The van der Waals surface area contributed by atoms with E-state index >= 15 is 0 Å². The predicted molar refractivity (Wildman–Crippen MR) is 60.5 cm³/mol. The molecular weight excluding hydrogens is 303 g/mol. The van der Waals surface area contributed by atoms with Crippen LogP contribution in [-0.2, 0) is 10.1 Å². The van der Waals surface area contributed by atoms with Gasteiger partial charge in [-0.15, -0.1) is 0 Å². The van der Waals surface area contributed by atoms with Crippen LogP contribution in [0.5, 0.6) is 5.75 Å². The molecule has 8 nitrogen and oxygen atoms in total. The minimum Gasteiger partial charge on any atom is -0.747 e. The van der Waals surface area contributed by atoms with Crippen LogP contribution in [0.25, 0.3) is 0 Å². The van der Waals surface area contributed by atoms with Crippen LogP contribution in [0.1, 0.15) is 0 Å². The van der Waals surface area contributed by atoms with Crippen LogP contribution in [0.15, 0.2) is 18.2 Å². The average molecular weight is 312 g/mol. The first-order valence-corrected chi connectivity index (χ1v) is 6.54. The Morgan fingerprint density at radius 1 is 1.42 bits per heavy atom. The SMILES string of the molecule is O=[N+]([O-])c1ccc2c(c1)N(CS(=O)(=O)[O-])CCO2.[K+]. The van der Waals surface area contributed by atoms with E-state index < -0.39 is 20.9 Å². The summed E-state index contributed by atoms with van der Waals surface area (Å²) in [5.74, 6) is -0.402. The largest absolute Gasteiger partial charge is 1.00 e. The number of hydrogen-bond donors (Lipinski definition) is 0. The first kappa shape index (κ1) is 16.8. The van der Waals surface area contributed by atoms with E-state index in [0.717, 1.165) is 0 Å². The molecule has 0 unspecified atom stereocenters. The molecule has 0 aliphatic carbocycles. The van der Waals surface area contributed by atoms with Crippen molar-refractivity contribution in [2.45, 2.75) is 0 Å². The first-order chi connectivity index (χ1) is 8.37. The zero-order chi connectivity index (χ0) is 13.3. The zero-order valence-electron chi connectivity index (χ0n) is 10.1. The number of benzene rings is 1. The van der Waals surface area contributed by atoms with Gasteiger partial charge in [-0.1, -0.05) is 0 Å². The van der Waals surface area contributed by atoms with Crippen molar-refractivity contribution in [3.63, 3.8) is 0 Å². The summed E-state index contributed by atoms with van der Waals surface area (Å²) in [5.41, 5.74) is 0.0578. The number of ether oxygens (including phenoxy) is 1. The molecule has 0 spiro atoms. The van der Waals surface area contributed by atoms with Crippen LogP contribution in [0, 0.1) is 10.1 Å². The van der Waals surface area contributed by atoms with E-state index in [4.69, 9.17) is 4.74 Å². The summed E-state index contributed by atoms with van der Waals surface area (Å²) < 4.78 is 37.5. The van der Waals surface area contributed by atoms with Gasteiger partial charge in [0.05, 0.1) is 17.2 Å². The van der Waals surface area contributed by atoms with Crippen LogP contribution in [0.2, 0.25) is 0 Å². The molecule has 0 bridgehead atoms. The van der Waals surface area contributed by atoms with Gasteiger partial charge in [0.25, 0.3) is 5.69 Å². The molecule has 1 aliphatic heterocycles. The second-order valence-electron chi connectivity index (χ2n) is 3.71. The van der Waals surface area contributed by atoms with Gasteiger partial charge in [-0.3, -0.25) is 10.1 Å². The number of nitro benzene ring substituents is 1. The van der Waals surface area contributed by atoms with E-state index in [1.807, 2.05) is 0 Å². The van der Waals surface area contributed by atoms with Gasteiger partial charge < -0.3 is 14.2 Å². The Hall–Kier alpha value is -0.234. The zero-order valence-corrected chi connectivity index (χ0v) is 14.0. The summed E-state index contributed by atoms with van der Waals surface area (Å²) in [5, 5.41) is 10.6. The third-order valence-electron chi connectivity index (χ3n) is 2.43. The van der Waals surface area contributed by atoms with Crippen molar-refractivity contribution in [2.75, 3.05) is 23.9 Å². The number of non-ortho nitro benzene ring substituents is 1. The van der Waals surface area contributed by atoms with E-state index in [9.17, 15) is 23.1 Å². The maximum atomic E-state index is 10.8. The fourth-order valence-electron chi connectivity index (χ4n) is 1.70. The maximum Gasteiger partial charge on any atom is 1.00 e. The number of rotatable bonds is 3. The van der Waals surface area contributed by atoms with Crippen molar-refractivity contribution in [1.29, 1.82) is 0 Å². The fourth-order valence-corrected chi connectivity index (χ4v) is 2.35. The molecule has 0 N–H and O–H groups in total. The van der Waals surface area contributed by atoms with Gasteiger partial charge in [0, 0.05) is 12.1 Å². The van der Waals surface area contributed by atoms with E-state index in [2.05, 4.69) is 0 Å². The van der Waals surface area contributed by atoms with Gasteiger partial charge in [-0.25, -0.2) is 8.42 Å². The van der Waals surface area contributed by atoms with Gasteiger partial charge in [0.2, 0.25) is 0 Å². The third-order valence-corrected chi connectivity index (χ3v) is 3.05. The smallest absolute Gasteiger partial charge is 0.747 e. The molecule has 19 heavy (non-hydrogen) atoms. The van der Waals surface area contributed by atoms with Crippen molar-refractivity contribution >= 4 is 21.5 Å². The van der Waals surface area contributed by atoms with Crippen LogP contribution in [0.3, 0.4) is 0 Å². The molecule has 1 aromatic rings. The molecule has 0 radical (unpaired) electrons. The molecule has 0 aromatic heterocycles. The number of nitro groups is 1. The maximum absolute atomic E-state index is 10.8. The minimum absolute atomic E-state index is 0. The first-order valence-electron chi connectivity index (χ1n) is 4.96. The molecule has 1 aliphatic rings. The van der Waals surface area contributed by atoms with Crippen molar-refractivity contribution in [2.24, 2.45) is 0 Å². The third kappa shape index (κ3) is 4.38. The van der Waals surface area contributed by atoms with Crippen LogP contribution < -0.4 is 61.0 Å². The Kier molecular flexibility index (Phi) is 5.73. The van der Waals surface area contributed by atoms with Crippen LogP contribution in [0.4, 0.5) is 11.4 Å². The monoisotopic (exact) mass is 312 g/mol. The Bertz CT molecular complexity index is 590. The van der Waals surface area contributed by atoms with Crippen molar-refractivity contribution in [3.05, 3.63) is 28.3 Å². The number of anilines is 1. The summed E-state index contributed by atoms with van der Waals surface area (Å²) >= 11 is 0. The summed E-state index contributed by atoms with van der Waals surface area (Å²) in [7, 11) is -4.45. The molecule has 0 saturated heterocycles. The van der Waals surface area contributed by atoms with Crippen LogP contribution >= 0.6 is 0 Å².